The third-order valence-corrected chi connectivity index (χ3v) is 8.81. The molecule has 0 spiro atoms. The molecule has 230 valence electrons. The van der Waals surface area contributed by atoms with E-state index in [1.165, 1.54) is 23.7 Å². The molecule has 0 bridgehead atoms. The van der Waals surface area contributed by atoms with Crippen LogP contribution < -0.4 is 29.3 Å². The highest BCUT2D eigenvalue weighted by atomic mass is 32.1. The van der Waals surface area contributed by atoms with E-state index >= 15 is 0 Å². The SMILES string of the molecule is CCOC(=O)CN1C(=O)/C(=c2\sc3n(c2=O)[C@H](c2cc(OC)ccc2OC)C(C(=O)N(CC)CC)=C(C)N=3)c2ccccc21. The van der Waals surface area contributed by atoms with Crippen LogP contribution in [-0.4, -0.2) is 67.7 Å². The Morgan fingerprint density at radius 3 is 2.41 bits per heavy atom. The first-order valence-corrected chi connectivity index (χ1v) is 15.1. The maximum absolute atomic E-state index is 14.5. The summed E-state index contributed by atoms with van der Waals surface area (Å²) in [5, 5.41) is 0. The highest BCUT2D eigenvalue weighted by molar-refractivity contribution is 7.07. The van der Waals surface area contributed by atoms with Crippen molar-refractivity contribution in [2.75, 3.05) is 45.4 Å². The smallest absolute Gasteiger partial charge is 0.326 e. The maximum atomic E-state index is 14.5. The quantitative estimate of drug-likeness (QED) is 0.338. The lowest BCUT2D eigenvalue weighted by atomic mass is 9.93. The van der Waals surface area contributed by atoms with E-state index in [-0.39, 0.29) is 29.2 Å². The number of ether oxygens (including phenoxy) is 3. The molecule has 0 fully saturated rings. The molecule has 0 unspecified atom stereocenters. The predicted octanol–water partition coefficient (Wildman–Crippen LogP) is 2.40. The van der Waals surface area contributed by atoms with Crippen molar-refractivity contribution in [2.24, 2.45) is 4.99 Å². The first-order chi connectivity index (χ1) is 21.2. The van der Waals surface area contributed by atoms with Gasteiger partial charge in [-0.25, -0.2) is 4.99 Å². The van der Waals surface area contributed by atoms with Crippen molar-refractivity contribution in [3.05, 3.63) is 84.5 Å². The Bertz CT molecular complexity index is 1870. The number of methoxy groups -OCH3 is 2. The molecule has 1 aromatic heterocycles. The van der Waals surface area contributed by atoms with E-state index in [0.29, 0.717) is 57.5 Å². The van der Waals surface area contributed by atoms with Crippen LogP contribution in [0.25, 0.3) is 5.57 Å². The second-order valence-electron chi connectivity index (χ2n) is 10.1. The Balaban J connectivity index is 1.81. The number of para-hydroxylation sites is 1. The summed E-state index contributed by atoms with van der Waals surface area (Å²) in [5.41, 5.74) is 2.03. The molecule has 11 nitrogen and oxygen atoms in total. The number of carbonyl (C=O) groups is 3. The number of hydrogen-bond donors (Lipinski definition) is 0. The summed E-state index contributed by atoms with van der Waals surface area (Å²) < 4.78 is 17.9. The molecule has 1 atom stereocenters. The normalized spacial score (nSPS) is 16.7. The van der Waals surface area contributed by atoms with Crippen molar-refractivity contribution in [3.8, 4) is 11.5 Å². The Kier molecular flexibility index (Phi) is 8.73. The Morgan fingerprint density at radius 1 is 1.02 bits per heavy atom. The number of rotatable bonds is 9. The van der Waals surface area contributed by atoms with Gasteiger partial charge < -0.3 is 19.1 Å². The summed E-state index contributed by atoms with van der Waals surface area (Å²) in [5.74, 6) is -0.332. The van der Waals surface area contributed by atoms with Gasteiger partial charge in [0, 0.05) is 24.2 Å². The Labute approximate surface area is 258 Å². The van der Waals surface area contributed by atoms with Crippen molar-refractivity contribution < 1.29 is 28.6 Å². The number of amides is 2. The molecule has 0 aliphatic carbocycles. The van der Waals surface area contributed by atoms with Crippen LogP contribution in [0.3, 0.4) is 0 Å². The van der Waals surface area contributed by atoms with E-state index in [4.69, 9.17) is 19.2 Å². The van der Waals surface area contributed by atoms with Crippen molar-refractivity contribution in [1.82, 2.24) is 9.47 Å². The minimum absolute atomic E-state index is 0.156. The van der Waals surface area contributed by atoms with Gasteiger partial charge in [-0.1, -0.05) is 29.5 Å². The summed E-state index contributed by atoms with van der Waals surface area (Å²) in [6, 6.07) is 11.3. The van der Waals surface area contributed by atoms with Gasteiger partial charge in [0.05, 0.1) is 43.4 Å². The minimum Gasteiger partial charge on any atom is -0.497 e. The number of fused-ring (bicyclic) bond motifs is 2. The number of esters is 1. The number of hydrogen-bond acceptors (Lipinski definition) is 9. The van der Waals surface area contributed by atoms with Crippen molar-refractivity contribution in [2.45, 2.75) is 33.7 Å². The van der Waals surface area contributed by atoms with Gasteiger partial charge in [0.25, 0.3) is 17.4 Å². The number of carbonyl (C=O) groups excluding carboxylic acids is 3. The van der Waals surface area contributed by atoms with Gasteiger partial charge in [-0.3, -0.25) is 28.6 Å². The minimum atomic E-state index is -0.916. The lowest BCUT2D eigenvalue weighted by Gasteiger charge is -2.30. The van der Waals surface area contributed by atoms with Crippen LogP contribution in [0, 0.1) is 0 Å². The summed E-state index contributed by atoms with van der Waals surface area (Å²) >= 11 is 1.07. The van der Waals surface area contributed by atoms with Crippen LogP contribution >= 0.6 is 11.3 Å². The first-order valence-electron chi connectivity index (χ1n) is 14.3. The predicted molar refractivity (Wildman–Crippen MR) is 166 cm³/mol. The molecule has 12 heteroatoms. The number of nitrogens with zero attached hydrogens (tertiary/aromatic N) is 4. The summed E-state index contributed by atoms with van der Waals surface area (Å²) in [6.07, 6.45) is 0. The van der Waals surface area contributed by atoms with Gasteiger partial charge in [-0.15, -0.1) is 0 Å². The number of aromatic nitrogens is 1. The molecule has 3 heterocycles. The molecule has 5 rings (SSSR count). The van der Waals surface area contributed by atoms with E-state index < -0.39 is 23.5 Å². The number of likely N-dealkylation sites (N-methyl/N-ethyl adjacent to an activating group) is 1. The molecule has 0 saturated heterocycles. The number of thiazole rings is 1. The molecule has 0 N–H and O–H groups in total. The molecule has 2 aliphatic rings. The average molecular weight is 619 g/mol. The fourth-order valence-electron chi connectivity index (χ4n) is 5.67. The zero-order valence-electron chi connectivity index (χ0n) is 25.5. The summed E-state index contributed by atoms with van der Waals surface area (Å²) in [4.78, 5) is 62.9. The zero-order valence-corrected chi connectivity index (χ0v) is 26.3. The van der Waals surface area contributed by atoms with E-state index in [1.54, 1.807) is 61.2 Å². The van der Waals surface area contributed by atoms with E-state index in [1.807, 2.05) is 13.8 Å². The largest absolute Gasteiger partial charge is 0.497 e. The molecule has 0 radical (unpaired) electrons. The molecular formula is C32H34N4O7S. The van der Waals surface area contributed by atoms with Crippen molar-refractivity contribution >= 4 is 40.4 Å². The van der Waals surface area contributed by atoms with E-state index in [9.17, 15) is 19.2 Å². The second kappa shape index (κ2) is 12.5. The molecule has 2 amide bonds. The zero-order chi connectivity index (χ0) is 31.7. The lowest BCUT2D eigenvalue weighted by molar-refractivity contribution is -0.142. The molecule has 44 heavy (non-hydrogen) atoms. The fourth-order valence-corrected chi connectivity index (χ4v) is 6.80. The van der Waals surface area contributed by atoms with Crippen LogP contribution in [0.4, 0.5) is 5.69 Å². The second-order valence-corrected chi connectivity index (χ2v) is 11.1. The van der Waals surface area contributed by atoms with Crippen LogP contribution in [0.2, 0.25) is 0 Å². The van der Waals surface area contributed by atoms with Crippen LogP contribution in [0.5, 0.6) is 11.5 Å². The molecule has 3 aromatic rings. The Morgan fingerprint density at radius 2 is 1.75 bits per heavy atom. The van der Waals surface area contributed by atoms with Gasteiger partial charge in [-0.05, 0) is 52.0 Å². The summed E-state index contributed by atoms with van der Waals surface area (Å²) in [6.45, 7) is 8.02. The van der Waals surface area contributed by atoms with Gasteiger partial charge in [0.15, 0.2) is 4.80 Å². The summed E-state index contributed by atoms with van der Waals surface area (Å²) in [7, 11) is 3.05. The van der Waals surface area contributed by atoms with Crippen LogP contribution in [-0.2, 0) is 19.1 Å². The molecule has 2 aliphatic heterocycles. The Hall–Kier alpha value is -4.71. The van der Waals surface area contributed by atoms with Gasteiger partial charge >= 0.3 is 5.97 Å². The standard InChI is InChI=1S/C32H34N4O7S/c1-7-34(8-2)29(38)25-18(4)33-32-36(27(25)21-16-19(41-5)14-15-23(21)42-6)31(40)28(44-32)26-20-12-10-11-13-22(20)35(30(26)39)17-24(37)43-9-3/h10-16,27H,7-9,17H2,1-6H3/b28-26-/t27-/m1/s1. The van der Waals surface area contributed by atoms with Crippen LogP contribution in [0.15, 0.2) is 63.5 Å². The van der Waals surface area contributed by atoms with Gasteiger partial charge in [0.1, 0.15) is 28.6 Å². The monoisotopic (exact) mass is 618 g/mol. The number of benzene rings is 2. The first kappa shape index (κ1) is 30.7. The van der Waals surface area contributed by atoms with Crippen molar-refractivity contribution in [1.29, 1.82) is 0 Å². The average Bonchev–Trinajstić information content (AvgIpc) is 3.48. The highest BCUT2D eigenvalue weighted by Gasteiger charge is 2.39. The molecular weight excluding hydrogens is 584 g/mol. The topological polar surface area (TPSA) is 120 Å². The van der Waals surface area contributed by atoms with Crippen molar-refractivity contribution in [3.63, 3.8) is 0 Å². The number of allylic oxidation sites excluding steroid dienone is 1. The van der Waals surface area contributed by atoms with Gasteiger partial charge in [-0.2, -0.15) is 0 Å². The highest BCUT2D eigenvalue weighted by Crippen LogP contribution is 2.39. The third-order valence-electron chi connectivity index (χ3n) is 7.75. The fraction of sp³-hybridized carbons (Fsp3) is 0.344. The van der Waals surface area contributed by atoms with Crippen LogP contribution in [0.1, 0.15) is 44.9 Å². The van der Waals surface area contributed by atoms with E-state index in [2.05, 4.69) is 0 Å². The van der Waals surface area contributed by atoms with Gasteiger partial charge in [0.2, 0.25) is 0 Å². The number of anilines is 1. The third kappa shape index (κ3) is 5.08. The molecule has 0 saturated carbocycles. The van der Waals surface area contributed by atoms with E-state index in [0.717, 1.165) is 11.3 Å². The lowest BCUT2D eigenvalue weighted by Crippen LogP contribution is -2.43. The maximum Gasteiger partial charge on any atom is 0.326 e. The molecule has 2 aromatic carbocycles.